The molecule has 276 valence electrons. The van der Waals surface area contributed by atoms with Crippen molar-refractivity contribution in [1.29, 1.82) is 0 Å². The average Bonchev–Trinajstić information content (AvgIpc) is 3.74. The summed E-state index contributed by atoms with van der Waals surface area (Å²) in [5.74, 6) is -0.207. The van der Waals surface area contributed by atoms with Crippen LogP contribution in [0.2, 0.25) is 0 Å². The van der Waals surface area contributed by atoms with Crippen LogP contribution in [0.3, 0.4) is 0 Å². The summed E-state index contributed by atoms with van der Waals surface area (Å²) in [6, 6.07) is 13.7. The van der Waals surface area contributed by atoms with E-state index in [1.54, 1.807) is 42.5 Å². The maximum atomic E-state index is 11.8. The van der Waals surface area contributed by atoms with Crippen molar-refractivity contribution in [2.75, 3.05) is 27.1 Å². The van der Waals surface area contributed by atoms with Gasteiger partial charge in [0.15, 0.2) is 29.6 Å². The van der Waals surface area contributed by atoms with Gasteiger partial charge < -0.3 is 59.5 Å². The van der Waals surface area contributed by atoms with E-state index in [4.69, 9.17) is 53.9 Å². The molecule has 7 atom stereocenters. The number of aliphatic carboxylic acids is 1. The van der Waals surface area contributed by atoms with Crippen LogP contribution in [0, 0.1) is 0 Å². The van der Waals surface area contributed by atoms with E-state index in [1.165, 1.54) is 7.05 Å². The summed E-state index contributed by atoms with van der Waals surface area (Å²) in [6.45, 7) is -0.185. The van der Waals surface area contributed by atoms with E-state index in [0.29, 0.717) is 47.2 Å². The number of carboxylic acids is 1. The standard InChI is InChI=1S/C34H35N3O15/c1-36-34(35)37-50-31-28(42)25(13-44-27(41)11-26(39)40)49-33(43)32(31)52-51-18-7-16(6-15-2-4-17(38)5-3-15)29-20(8-18)30-21(12-45-29)19-9-23-24(47-14-46-23)10-22(19)48-30/h2-5,7-10,21,25,28,30-33,38,42-43H,6,11-14H2,1H3,(H,39,40)(H3,35,36,37)/t21-,25-,28-,30+,31-,32-,33-/m1/s1. The number of nitrogens with two attached hydrogens (primary N) is 1. The summed E-state index contributed by atoms with van der Waals surface area (Å²) in [4.78, 5) is 43.4. The lowest BCUT2D eigenvalue weighted by molar-refractivity contribution is -0.372. The minimum absolute atomic E-state index is 0.113. The van der Waals surface area contributed by atoms with Gasteiger partial charge in [-0.05, 0) is 35.9 Å². The van der Waals surface area contributed by atoms with Crippen molar-refractivity contribution in [3.8, 4) is 34.5 Å². The fourth-order valence-corrected chi connectivity index (χ4v) is 6.34. The van der Waals surface area contributed by atoms with E-state index < -0.39 is 61.8 Å². The molecule has 0 bridgehead atoms. The number of nitrogens with zero attached hydrogens (tertiary/aromatic N) is 1. The van der Waals surface area contributed by atoms with Crippen LogP contribution in [0.4, 0.5) is 0 Å². The number of phenols is 1. The van der Waals surface area contributed by atoms with Crippen LogP contribution >= 0.6 is 0 Å². The summed E-state index contributed by atoms with van der Waals surface area (Å²) in [5, 5.41) is 40.8. The van der Waals surface area contributed by atoms with Crippen molar-refractivity contribution in [3.05, 3.63) is 70.8 Å². The zero-order chi connectivity index (χ0) is 36.5. The molecule has 0 spiro atoms. The predicted octanol–water partition coefficient (Wildman–Crippen LogP) is 0.931. The number of carboxylic acid groups (broad SMARTS) is 1. The number of guanidine groups is 1. The normalized spacial score (nSPS) is 25.5. The molecule has 7 rings (SSSR count). The van der Waals surface area contributed by atoms with Crippen LogP contribution in [0.25, 0.3) is 0 Å². The van der Waals surface area contributed by atoms with Crippen molar-refractivity contribution in [3.63, 3.8) is 0 Å². The molecule has 4 heterocycles. The summed E-state index contributed by atoms with van der Waals surface area (Å²) in [6.07, 6.45) is -8.86. The van der Waals surface area contributed by atoms with Gasteiger partial charge in [0.25, 0.3) is 0 Å². The molecule has 0 unspecified atom stereocenters. The van der Waals surface area contributed by atoms with Gasteiger partial charge in [0.05, 0.1) is 12.5 Å². The minimum atomic E-state index is -1.82. The Kier molecular flexibility index (Phi) is 9.80. The molecule has 0 saturated carbocycles. The Bertz CT molecular complexity index is 1850. The van der Waals surface area contributed by atoms with Gasteiger partial charge >= 0.3 is 11.9 Å². The number of ether oxygens (including phenoxy) is 6. The summed E-state index contributed by atoms with van der Waals surface area (Å²) in [5.41, 5.74) is 11.1. The SMILES string of the molecule is CN=C(N)NO[C@@H]1[C@H](O)[C@@H](COC(=O)CC(=O)O)O[C@@H](O)[C@@H]1OOc1cc(Cc2ccc(O)cc2)c2c(c1)[C@@H]1Oc3cc4c(cc3[C@H]1CO2)OCO4. The van der Waals surface area contributed by atoms with E-state index in [-0.39, 0.29) is 30.2 Å². The van der Waals surface area contributed by atoms with E-state index in [9.17, 15) is 24.9 Å². The number of rotatable bonds is 11. The number of carbonyl (C=O) groups excluding carboxylic acids is 1. The first-order chi connectivity index (χ1) is 25.1. The Morgan fingerprint density at radius 3 is 2.52 bits per heavy atom. The number of hydrogen-bond acceptors (Lipinski definition) is 15. The first-order valence-corrected chi connectivity index (χ1v) is 16.1. The second kappa shape index (κ2) is 14.6. The van der Waals surface area contributed by atoms with Gasteiger partial charge in [-0.3, -0.25) is 19.4 Å². The Labute approximate surface area is 295 Å². The van der Waals surface area contributed by atoms with Gasteiger partial charge in [0, 0.05) is 36.2 Å². The number of fused-ring (bicyclic) bond motifs is 6. The molecular formula is C34H35N3O15. The lowest BCUT2D eigenvalue weighted by atomic mass is 9.87. The maximum absolute atomic E-state index is 11.8. The number of hydrogen-bond donors (Lipinski definition) is 6. The van der Waals surface area contributed by atoms with Crippen LogP contribution in [0.15, 0.2) is 53.5 Å². The molecule has 3 aromatic carbocycles. The zero-order valence-electron chi connectivity index (χ0n) is 27.5. The third kappa shape index (κ3) is 7.14. The van der Waals surface area contributed by atoms with E-state index in [1.807, 2.05) is 6.07 Å². The molecule has 0 radical (unpaired) electrons. The number of esters is 1. The Morgan fingerprint density at radius 2 is 1.77 bits per heavy atom. The second-order valence-corrected chi connectivity index (χ2v) is 12.3. The van der Waals surface area contributed by atoms with Crippen molar-refractivity contribution in [2.24, 2.45) is 10.7 Å². The molecule has 0 amide bonds. The zero-order valence-corrected chi connectivity index (χ0v) is 27.5. The highest BCUT2D eigenvalue weighted by molar-refractivity contribution is 5.90. The van der Waals surface area contributed by atoms with Crippen molar-refractivity contribution < 1.29 is 73.0 Å². The molecule has 0 aliphatic carbocycles. The van der Waals surface area contributed by atoms with E-state index >= 15 is 0 Å². The van der Waals surface area contributed by atoms with Crippen molar-refractivity contribution in [1.82, 2.24) is 5.48 Å². The fraction of sp³-hybridized carbons (Fsp3) is 0.382. The number of aromatic hydroxyl groups is 1. The molecule has 1 fully saturated rings. The molecule has 52 heavy (non-hydrogen) atoms. The number of aliphatic hydroxyl groups is 2. The smallest absolute Gasteiger partial charge is 0.317 e. The molecule has 0 aromatic heterocycles. The lowest BCUT2D eigenvalue weighted by Gasteiger charge is -2.40. The van der Waals surface area contributed by atoms with Crippen molar-refractivity contribution >= 4 is 17.9 Å². The van der Waals surface area contributed by atoms with Gasteiger partial charge in [-0.25, -0.2) is 5.48 Å². The van der Waals surface area contributed by atoms with Crippen LogP contribution in [0.5, 0.6) is 34.5 Å². The van der Waals surface area contributed by atoms with Crippen LogP contribution in [-0.2, 0) is 35.2 Å². The Balaban J connectivity index is 1.15. The summed E-state index contributed by atoms with van der Waals surface area (Å²) in [7, 11) is 1.38. The minimum Gasteiger partial charge on any atom is -0.508 e. The number of phenolic OH excluding ortho intramolecular Hbond substituents is 1. The lowest BCUT2D eigenvalue weighted by Crippen LogP contribution is -2.62. The highest BCUT2D eigenvalue weighted by Crippen LogP contribution is 2.55. The molecule has 1 saturated heterocycles. The van der Waals surface area contributed by atoms with Gasteiger partial charge in [-0.15, -0.1) is 0 Å². The number of nitrogens with one attached hydrogen (secondary N) is 1. The predicted molar refractivity (Wildman–Crippen MR) is 173 cm³/mol. The maximum Gasteiger partial charge on any atom is 0.317 e. The highest BCUT2D eigenvalue weighted by atomic mass is 17.2. The molecule has 4 aliphatic rings. The quantitative estimate of drug-likeness (QED) is 0.0402. The first-order valence-electron chi connectivity index (χ1n) is 16.1. The second-order valence-electron chi connectivity index (χ2n) is 12.3. The monoisotopic (exact) mass is 725 g/mol. The van der Waals surface area contributed by atoms with Gasteiger partial charge in [0.1, 0.15) is 54.7 Å². The number of hydroxylamine groups is 1. The molecular weight excluding hydrogens is 690 g/mol. The topological polar surface area (TPSA) is 249 Å². The summed E-state index contributed by atoms with van der Waals surface area (Å²) < 4.78 is 34.3. The number of carbonyl (C=O) groups is 2. The molecule has 18 heteroatoms. The fourth-order valence-electron chi connectivity index (χ4n) is 6.34. The largest absolute Gasteiger partial charge is 0.508 e. The molecule has 3 aromatic rings. The number of aliphatic hydroxyl groups excluding tert-OH is 2. The Morgan fingerprint density at radius 1 is 1.00 bits per heavy atom. The van der Waals surface area contributed by atoms with Gasteiger partial charge in [-0.2, -0.15) is 4.89 Å². The van der Waals surface area contributed by atoms with Gasteiger partial charge in [0.2, 0.25) is 12.8 Å². The van der Waals surface area contributed by atoms with Gasteiger partial charge in [-0.1, -0.05) is 12.1 Å². The third-order valence-electron chi connectivity index (χ3n) is 8.87. The Hall–Kier alpha value is -5.53. The first kappa shape index (κ1) is 34.9. The number of aliphatic imine (C=N–C) groups is 1. The third-order valence-corrected chi connectivity index (χ3v) is 8.87. The molecule has 7 N–H and O–H groups in total. The van der Waals surface area contributed by atoms with E-state index in [2.05, 4.69) is 10.5 Å². The van der Waals surface area contributed by atoms with Crippen molar-refractivity contribution in [2.45, 2.75) is 55.6 Å². The van der Waals surface area contributed by atoms with Crippen LogP contribution in [-0.4, -0.2) is 96.1 Å². The molecule has 18 nitrogen and oxygen atoms in total. The number of benzene rings is 3. The molecule has 4 aliphatic heterocycles. The highest BCUT2D eigenvalue weighted by Gasteiger charge is 2.49. The average molecular weight is 726 g/mol. The van der Waals surface area contributed by atoms with E-state index in [0.717, 1.165) is 11.1 Å². The van der Waals surface area contributed by atoms with Crippen LogP contribution < -0.4 is 35.0 Å². The summed E-state index contributed by atoms with van der Waals surface area (Å²) >= 11 is 0. The van der Waals surface area contributed by atoms with Crippen LogP contribution in [0.1, 0.15) is 40.7 Å².